The average Bonchev–Trinajstić information content (AvgIpc) is 2.49. The summed E-state index contributed by atoms with van der Waals surface area (Å²) in [4.78, 5) is 12.2. The minimum Gasteiger partial charge on any atom is -0.496 e. The molecular weight excluding hydrogens is 352 g/mol. The van der Waals surface area contributed by atoms with Gasteiger partial charge in [0.1, 0.15) is 5.75 Å². The molecule has 2 aromatic carbocycles. The van der Waals surface area contributed by atoms with E-state index in [1.54, 1.807) is 24.3 Å². The first-order valence-electron chi connectivity index (χ1n) is 6.11. The number of methoxy groups -OCH3 is 1. The Morgan fingerprint density at radius 3 is 2.48 bits per heavy atom. The molecule has 0 spiro atoms. The lowest BCUT2D eigenvalue weighted by Crippen LogP contribution is -2.34. The van der Waals surface area contributed by atoms with Gasteiger partial charge in [0.2, 0.25) is 0 Å². The van der Waals surface area contributed by atoms with E-state index in [-0.39, 0.29) is 11.0 Å². The molecule has 0 aromatic heterocycles. The number of amides is 1. The third-order valence-corrected chi connectivity index (χ3v) is 3.41. The average molecular weight is 365 g/mol. The maximum absolute atomic E-state index is 12.2. The van der Waals surface area contributed by atoms with Crippen molar-refractivity contribution in [3.63, 3.8) is 0 Å². The van der Waals surface area contributed by atoms with Gasteiger partial charge in [0.25, 0.3) is 5.91 Å². The second kappa shape index (κ2) is 7.19. The highest BCUT2D eigenvalue weighted by Crippen LogP contribution is 2.17. The van der Waals surface area contributed by atoms with Gasteiger partial charge in [-0.15, -0.1) is 0 Å². The summed E-state index contributed by atoms with van der Waals surface area (Å²) in [7, 11) is 1.52. The highest BCUT2D eigenvalue weighted by Gasteiger charge is 2.12. The zero-order valence-corrected chi connectivity index (χ0v) is 13.6. The number of halogens is 1. The van der Waals surface area contributed by atoms with E-state index in [1.165, 1.54) is 7.11 Å². The van der Waals surface area contributed by atoms with Crippen molar-refractivity contribution in [3.8, 4) is 5.75 Å². The predicted molar refractivity (Wildman–Crippen MR) is 90.8 cm³/mol. The molecule has 108 valence electrons. The number of nitrogens with one attached hydrogen (secondary N) is 2. The van der Waals surface area contributed by atoms with Crippen molar-refractivity contribution in [1.82, 2.24) is 5.32 Å². The topological polar surface area (TPSA) is 50.4 Å². The molecule has 0 aliphatic heterocycles. The van der Waals surface area contributed by atoms with E-state index in [0.717, 1.165) is 10.2 Å². The maximum atomic E-state index is 12.2. The summed E-state index contributed by atoms with van der Waals surface area (Å²) in [5, 5.41) is 5.80. The van der Waals surface area contributed by atoms with Crippen molar-refractivity contribution in [3.05, 3.63) is 58.6 Å². The molecular formula is C15H13BrN2O2S. The van der Waals surface area contributed by atoms with Gasteiger partial charge in [0.15, 0.2) is 5.11 Å². The van der Waals surface area contributed by atoms with Gasteiger partial charge >= 0.3 is 0 Å². The molecule has 0 aliphatic rings. The van der Waals surface area contributed by atoms with Gasteiger partial charge in [-0.2, -0.15) is 0 Å². The summed E-state index contributed by atoms with van der Waals surface area (Å²) in [5.74, 6) is 0.184. The SMILES string of the molecule is COc1ccccc1C(=O)NC(=S)Nc1ccc(Br)cc1. The van der Waals surface area contributed by atoms with Gasteiger partial charge in [-0.05, 0) is 48.6 Å². The molecule has 2 N–H and O–H groups in total. The molecule has 21 heavy (non-hydrogen) atoms. The number of ether oxygens (including phenoxy) is 1. The fourth-order valence-electron chi connectivity index (χ4n) is 1.70. The van der Waals surface area contributed by atoms with Crippen molar-refractivity contribution in [1.29, 1.82) is 0 Å². The molecule has 4 nitrogen and oxygen atoms in total. The number of benzene rings is 2. The van der Waals surface area contributed by atoms with E-state index in [9.17, 15) is 4.79 Å². The van der Waals surface area contributed by atoms with Crippen LogP contribution in [0, 0.1) is 0 Å². The van der Waals surface area contributed by atoms with Crippen molar-refractivity contribution in [2.75, 3.05) is 12.4 Å². The fraction of sp³-hybridized carbons (Fsp3) is 0.0667. The van der Waals surface area contributed by atoms with Crippen LogP contribution in [-0.2, 0) is 0 Å². The zero-order chi connectivity index (χ0) is 15.2. The standard InChI is InChI=1S/C15H13BrN2O2S/c1-20-13-5-3-2-4-12(13)14(19)18-15(21)17-11-8-6-10(16)7-9-11/h2-9H,1H3,(H2,17,18,19,21). The summed E-state index contributed by atoms with van der Waals surface area (Å²) < 4.78 is 6.12. The summed E-state index contributed by atoms with van der Waals surface area (Å²) in [6.07, 6.45) is 0. The third kappa shape index (κ3) is 4.27. The van der Waals surface area contributed by atoms with E-state index in [1.807, 2.05) is 24.3 Å². The van der Waals surface area contributed by atoms with Crippen molar-refractivity contribution in [2.24, 2.45) is 0 Å². The van der Waals surface area contributed by atoms with Crippen LogP contribution in [0.1, 0.15) is 10.4 Å². The van der Waals surface area contributed by atoms with Crippen molar-refractivity contribution >= 4 is 44.9 Å². The first-order valence-corrected chi connectivity index (χ1v) is 7.31. The van der Waals surface area contributed by atoms with Gasteiger partial charge in [-0.3, -0.25) is 10.1 Å². The van der Waals surface area contributed by atoms with Crippen LogP contribution >= 0.6 is 28.1 Å². The summed E-state index contributed by atoms with van der Waals surface area (Å²) in [5.41, 5.74) is 1.23. The molecule has 0 radical (unpaired) electrons. The van der Waals surface area contributed by atoms with E-state index < -0.39 is 0 Å². The lowest BCUT2D eigenvalue weighted by molar-refractivity contribution is 0.0975. The largest absolute Gasteiger partial charge is 0.496 e. The smallest absolute Gasteiger partial charge is 0.261 e. The van der Waals surface area contributed by atoms with Crippen LogP contribution in [0.4, 0.5) is 5.69 Å². The normalized spacial score (nSPS) is 9.81. The summed E-state index contributed by atoms with van der Waals surface area (Å²) in [6, 6.07) is 14.4. The van der Waals surface area contributed by atoms with Crippen molar-refractivity contribution in [2.45, 2.75) is 0 Å². The van der Waals surface area contributed by atoms with Crippen LogP contribution in [0.3, 0.4) is 0 Å². The van der Waals surface area contributed by atoms with E-state index >= 15 is 0 Å². The summed E-state index contributed by atoms with van der Waals surface area (Å²) >= 11 is 8.48. The molecule has 1 amide bonds. The van der Waals surface area contributed by atoms with Gasteiger partial charge in [-0.25, -0.2) is 0 Å². The van der Waals surface area contributed by atoms with Crippen LogP contribution in [0.15, 0.2) is 53.0 Å². The first-order chi connectivity index (χ1) is 10.1. The Labute approximate surface area is 136 Å². The molecule has 0 unspecified atom stereocenters. The highest BCUT2D eigenvalue weighted by atomic mass is 79.9. The lowest BCUT2D eigenvalue weighted by atomic mass is 10.2. The fourth-order valence-corrected chi connectivity index (χ4v) is 2.17. The number of para-hydroxylation sites is 1. The second-order valence-electron chi connectivity index (χ2n) is 4.12. The Morgan fingerprint density at radius 1 is 1.14 bits per heavy atom. The number of hydrogen-bond acceptors (Lipinski definition) is 3. The van der Waals surface area contributed by atoms with E-state index in [0.29, 0.717) is 11.3 Å². The molecule has 0 fully saturated rings. The molecule has 0 saturated carbocycles. The Bertz CT molecular complexity index is 659. The van der Waals surface area contributed by atoms with Crippen LogP contribution in [0.5, 0.6) is 5.75 Å². The molecule has 2 rings (SSSR count). The lowest BCUT2D eigenvalue weighted by Gasteiger charge is -2.11. The van der Waals surface area contributed by atoms with E-state index in [2.05, 4.69) is 26.6 Å². The number of rotatable bonds is 3. The second-order valence-corrected chi connectivity index (χ2v) is 5.44. The minimum atomic E-state index is -0.318. The van der Waals surface area contributed by atoms with Gasteiger partial charge in [-0.1, -0.05) is 28.1 Å². The molecule has 2 aromatic rings. The first kappa shape index (κ1) is 15.5. The number of thiocarbonyl (C=S) groups is 1. The number of carbonyl (C=O) groups excluding carboxylic acids is 1. The van der Waals surface area contributed by atoms with Crippen LogP contribution in [0.25, 0.3) is 0 Å². The monoisotopic (exact) mass is 364 g/mol. The van der Waals surface area contributed by atoms with Crippen LogP contribution in [-0.4, -0.2) is 18.1 Å². The Balaban J connectivity index is 2.02. The third-order valence-electron chi connectivity index (χ3n) is 2.68. The molecule has 0 heterocycles. The summed E-state index contributed by atoms with van der Waals surface area (Å²) in [6.45, 7) is 0. The van der Waals surface area contributed by atoms with Crippen molar-refractivity contribution < 1.29 is 9.53 Å². The number of carbonyl (C=O) groups is 1. The number of hydrogen-bond donors (Lipinski definition) is 2. The zero-order valence-electron chi connectivity index (χ0n) is 11.2. The van der Waals surface area contributed by atoms with Gasteiger partial charge in [0.05, 0.1) is 12.7 Å². The Kier molecular flexibility index (Phi) is 5.30. The minimum absolute atomic E-state index is 0.230. The number of anilines is 1. The molecule has 0 saturated heterocycles. The predicted octanol–water partition coefficient (Wildman–Crippen LogP) is 3.58. The molecule has 0 bridgehead atoms. The highest BCUT2D eigenvalue weighted by molar-refractivity contribution is 9.10. The Hall–Kier alpha value is -1.92. The van der Waals surface area contributed by atoms with Crippen LogP contribution in [0.2, 0.25) is 0 Å². The molecule has 6 heteroatoms. The Morgan fingerprint density at radius 2 is 1.81 bits per heavy atom. The van der Waals surface area contributed by atoms with E-state index in [4.69, 9.17) is 17.0 Å². The van der Waals surface area contributed by atoms with Gasteiger partial charge in [0, 0.05) is 10.2 Å². The molecule has 0 aliphatic carbocycles. The maximum Gasteiger partial charge on any atom is 0.261 e. The van der Waals surface area contributed by atoms with Gasteiger partial charge < -0.3 is 10.1 Å². The molecule has 0 atom stereocenters. The van der Waals surface area contributed by atoms with Crippen LogP contribution < -0.4 is 15.4 Å². The quantitative estimate of drug-likeness (QED) is 0.817.